The largest absolute Gasteiger partial charge is 0.389 e. The lowest BCUT2D eigenvalue weighted by molar-refractivity contribution is -0.0886. The molecule has 1 aromatic heterocycles. The second-order valence-electron chi connectivity index (χ2n) is 5.63. The van der Waals surface area contributed by atoms with Gasteiger partial charge in [0, 0.05) is 25.2 Å². The normalized spacial score (nSPS) is 32.1. The standard InChI is InChI=1S/C14H20N2O2/c17-13(12-5-3-8-15-12)16-9-7-14(18)6-2-1-4-11(14)10-16/h3,5,8,11,15,18H,1-2,4,6-7,9-10H2. The van der Waals surface area contributed by atoms with Gasteiger partial charge in [0.25, 0.3) is 5.91 Å². The molecule has 0 spiro atoms. The molecule has 0 bridgehead atoms. The third-order valence-corrected chi connectivity index (χ3v) is 4.54. The first-order chi connectivity index (χ1) is 8.69. The van der Waals surface area contributed by atoms with Gasteiger partial charge in [0.15, 0.2) is 0 Å². The molecule has 2 atom stereocenters. The topological polar surface area (TPSA) is 56.3 Å². The van der Waals surface area contributed by atoms with Crippen molar-refractivity contribution < 1.29 is 9.90 Å². The van der Waals surface area contributed by atoms with E-state index in [9.17, 15) is 9.90 Å². The molecular formula is C14H20N2O2. The number of nitrogens with one attached hydrogen (secondary N) is 1. The van der Waals surface area contributed by atoms with Crippen molar-refractivity contribution in [3.63, 3.8) is 0 Å². The number of aromatic amines is 1. The SMILES string of the molecule is O=C(c1ccc[nH]1)N1CCC2(O)CCCCC2C1. The van der Waals surface area contributed by atoms with Crippen molar-refractivity contribution >= 4 is 5.91 Å². The molecule has 3 rings (SSSR count). The Hall–Kier alpha value is -1.29. The first-order valence-corrected chi connectivity index (χ1v) is 6.84. The van der Waals surface area contributed by atoms with Crippen LogP contribution in [0.3, 0.4) is 0 Å². The summed E-state index contributed by atoms with van der Waals surface area (Å²) >= 11 is 0. The van der Waals surface area contributed by atoms with Crippen LogP contribution in [0.4, 0.5) is 0 Å². The van der Waals surface area contributed by atoms with Gasteiger partial charge in [-0.3, -0.25) is 4.79 Å². The molecule has 2 aliphatic rings. The van der Waals surface area contributed by atoms with Crippen LogP contribution in [0.15, 0.2) is 18.3 Å². The number of carbonyl (C=O) groups is 1. The summed E-state index contributed by atoms with van der Waals surface area (Å²) in [6.07, 6.45) is 6.75. The number of piperidine rings is 1. The van der Waals surface area contributed by atoms with Gasteiger partial charge in [-0.25, -0.2) is 0 Å². The summed E-state index contributed by atoms with van der Waals surface area (Å²) in [4.78, 5) is 17.1. The maximum absolute atomic E-state index is 12.3. The molecule has 1 saturated heterocycles. The molecule has 2 unspecified atom stereocenters. The summed E-state index contributed by atoms with van der Waals surface area (Å²) in [6.45, 7) is 1.37. The molecule has 4 heteroatoms. The average Bonchev–Trinajstić information content (AvgIpc) is 2.90. The van der Waals surface area contributed by atoms with Crippen molar-refractivity contribution in [3.05, 3.63) is 24.0 Å². The molecule has 1 saturated carbocycles. The van der Waals surface area contributed by atoms with Crippen molar-refractivity contribution in [2.45, 2.75) is 37.7 Å². The fourth-order valence-corrected chi connectivity index (χ4v) is 3.39. The van der Waals surface area contributed by atoms with Crippen LogP contribution in [0, 0.1) is 5.92 Å². The number of aliphatic hydroxyl groups is 1. The van der Waals surface area contributed by atoms with Gasteiger partial charge in [-0.2, -0.15) is 0 Å². The number of likely N-dealkylation sites (tertiary alicyclic amines) is 1. The third-order valence-electron chi connectivity index (χ3n) is 4.54. The van der Waals surface area contributed by atoms with Crippen molar-refractivity contribution in [1.29, 1.82) is 0 Å². The van der Waals surface area contributed by atoms with E-state index in [0.29, 0.717) is 18.8 Å². The fraction of sp³-hybridized carbons (Fsp3) is 0.643. The molecule has 2 N–H and O–H groups in total. The Morgan fingerprint density at radius 3 is 3.11 bits per heavy atom. The van der Waals surface area contributed by atoms with E-state index in [4.69, 9.17) is 0 Å². The lowest BCUT2D eigenvalue weighted by Crippen LogP contribution is -2.54. The first kappa shape index (κ1) is 11.8. The maximum atomic E-state index is 12.3. The molecule has 0 radical (unpaired) electrons. The lowest BCUT2D eigenvalue weighted by atomic mass is 9.71. The summed E-state index contributed by atoms with van der Waals surface area (Å²) in [5, 5.41) is 10.6. The Morgan fingerprint density at radius 2 is 2.33 bits per heavy atom. The summed E-state index contributed by atoms with van der Waals surface area (Å²) in [5.74, 6) is 0.325. The number of hydrogen-bond acceptors (Lipinski definition) is 2. The van der Waals surface area contributed by atoms with E-state index in [0.717, 1.165) is 25.7 Å². The van der Waals surface area contributed by atoms with E-state index >= 15 is 0 Å². The summed E-state index contributed by atoms with van der Waals surface area (Å²) in [7, 11) is 0. The van der Waals surface area contributed by atoms with Gasteiger partial charge in [0.2, 0.25) is 0 Å². The Bertz CT molecular complexity index is 429. The fourth-order valence-electron chi connectivity index (χ4n) is 3.39. The van der Waals surface area contributed by atoms with E-state index in [2.05, 4.69) is 4.98 Å². The number of aromatic nitrogens is 1. The number of nitrogens with zero attached hydrogens (tertiary/aromatic N) is 1. The van der Waals surface area contributed by atoms with Crippen molar-refractivity contribution in [2.24, 2.45) is 5.92 Å². The number of H-pyrrole nitrogens is 1. The Morgan fingerprint density at radius 1 is 1.44 bits per heavy atom. The van der Waals surface area contributed by atoms with Gasteiger partial charge in [-0.05, 0) is 31.4 Å². The molecule has 1 aliphatic carbocycles. The zero-order chi connectivity index (χ0) is 12.6. The zero-order valence-corrected chi connectivity index (χ0v) is 10.6. The average molecular weight is 248 g/mol. The molecule has 0 aromatic carbocycles. The number of carbonyl (C=O) groups excluding carboxylic acids is 1. The smallest absolute Gasteiger partial charge is 0.270 e. The van der Waals surface area contributed by atoms with E-state index in [1.165, 1.54) is 6.42 Å². The van der Waals surface area contributed by atoms with Gasteiger partial charge < -0.3 is 15.0 Å². The zero-order valence-electron chi connectivity index (χ0n) is 10.6. The van der Waals surface area contributed by atoms with Gasteiger partial charge in [0.1, 0.15) is 5.69 Å². The number of amides is 1. The van der Waals surface area contributed by atoms with Crippen LogP contribution in [0.1, 0.15) is 42.6 Å². The Labute approximate surface area is 107 Å². The highest BCUT2D eigenvalue weighted by molar-refractivity contribution is 5.92. The summed E-state index contributed by atoms with van der Waals surface area (Å²) in [6, 6.07) is 3.65. The molecule has 1 aliphatic heterocycles. The monoisotopic (exact) mass is 248 g/mol. The molecule has 98 valence electrons. The van der Waals surface area contributed by atoms with Crippen molar-refractivity contribution in [3.8, 4) is 0 Å². The second-order valence-corrected chi connectivity index (χ2v) is 5.63. The number of rotatable bonds is 1. The molecule has 4 nitrogen and oxygen atoms in total. The minimum absolute atomic E-state index is 0.0626. The van der Waals surface area contributed by atoms with Crippen LogP contribution < -0.4 is 0 Å². The molecule has 2 heterocycles. The van der Waals surface area contributed by atoms with Crippen LogP contribution in [-0.2, 0) is 0 Å². The van der Waals surface area contributed by atoms with Gasteiger partial charge in [-0.1, -0.05) is 12.8 Å². The third kappa shape index (κ3) is 1.94. The van der Waals surface area contributed by atoms with E-state index < -0.39 is 5.60 Å². The second kappa shape index (κ2) is 4.43. The van der Waals surface area contributed by atoms with Crippen LogP contribution >= 0.6 is 0 Å². The van der Waals surface area contributed by atoms with E-state index in [1.54, 1.807) is 6.20 Å². The van der Waals surface area contributed by atoms with Gasteiger partial charge >= 0.3 is 0 Å². The molecule has 1 amide bonds. The molecule has 2 fully saturated rings. The first-order valence-electron chi connectivity index (χ1n) is 6.84. The van der Waals surface area contributed by atoms with Crippen LogP contribution in [0.5, 0.6) is 0 Å². The predicted octanol–water partition coefficient (Wildman–Crippen LogP) is 1.78. The van der Waals surface area contributed by atoms with Crippen LogP contribution in [0.25, 0.3) is 0 Å². The number of fused-ring (bicyclic) bond motifs is 1. The summed E-state index contributed by atoms with van der Waals surface area (Å²) in [5.41, 5.74) is 0.140. The highest BCUT2D eigenvalue weighted by Crippen LogP contribution is 2.39. The summed E-state index contributed by atoms with van der Waals surface area (Å²) < 4.78 is 0. The minimum Gasteiger partial charge on any atom is -0.389 e. The maximum Gasteiger partial charge on any atom is 0.270 e. The van der Waals surface area contributed by atoms with Crippen LogP contribution in [-0.4, -0.2) is 39.6 Å². The highest BCUT2D eigenvalue weighted by Gasteiger charge is 2.43. The van der Waals surface area contributed by atoms with Crippen LogP contribution in [0.2, 0.25) is 0 Å². The highest BCUT2D eigenvalue weighted by atomic mass is 16.3. The van der Waals surface area contributed by atoms with Crippen molar-refractivity contribution in [1.82, 2.24) is 9.88 Å². The predicted molar refractivity (Wildman–Crippen MR) is 68.2 cm³/mol. The molecular weight excluding hydrogens is 228 g/mol. The lowest BCUT2D eigenvalue weighted by Gasteiger charge is -2.47. The molecule has 1 aromatic rings. The minimum atomic E-state index is -0.509. The van der Waals surface area contributed by atoms with Gasteiger partial charge in [-0.15, -0.1) is 0 Å². The quantitative estimate of drug-likeness (QED) is 0.796. The van der Waals surface area contributed by atoms with E-state index in [-0.39, 0.29) is 11.8 Å². The number of hydrogen-bond donors (Lipinski definition) is 2. The Balaban J connectivity index is 1.72. The van der Waals surface area contributed by atoms with Crippen molar-refractivity contribution in [2.75, 3.05) is 13.1 Å². The Kier molecular flexibility index (Phi) is 2.90. The van der Waals surface area contributed by atoms with E-state index in [1.807, 2.05) is 17.0 Å². The molecule has 18 heavy (non-hydrogen) atoms. The van der Waals surface area contributed by atoms with Gasteiger partial charge in [0.05, 0.1) is 5.60 Å².